The second-order valence-electron chi connectivity index (χ2n) is 6.43. The Balaban J connectivity index is 1.42. The molecule has 0 aliphatic rings. The van der Waals surface area contributed by atoms with E-state index in [2.05, 4.69) is 68.3 Å². The summed E-state index contributed by atoms with van der Waals surface area (Å²) in [5.41, 5.74) is 4.39. The Bertz CT molecular complexity index is 989. The molecule has 130 valence electrons. The zero-order valence-corrected chi connectivity index (χ0v) is 17.4. The number of unbranched alkanes of at least 4 members (excludes halogenated alkanes) is 1. The number of benzene rings is 2. The van der Waals surface area contributed by atoms with Gasteiger partial charge >= 0.3 is 0 Å². The quantitative estimate of drug-likeness (QED) is 0.298. The van der Waals surface area contributed by atoms with E-state index in [0.29, 0.717) is 0 Å². The normalized spacial score (nSPS) is 11.3. The standard InChI is InChI=1S/C22H18Br2N2/c23-17-13-15-7-1-3-9-19(15)25-21(17)11-5-6-12-22-18(24)14-16-8-2-4-10-20(16)26-22/h1-4,7-10,13-14H,5-6,11-12H2. The van der Waals surface area contributed by atoms with E-state index in [1.54, 1.807) is 0 Å². The van der Waals surface area contributed by atoms with Crippen LogP contribution in [0.1, 0.15) is 24.2 Å². The monoisotopic (exact) mass is 468 g/mol. The van der Waals surface area contributed by atoms with Gasteiger partial charge in [0, 0.05) is 19.7 Å². The highest BCUT2D eigenvalue weighted by Crippen LogP contribution is 2.25. The SMILES string of the molecule is Brc1cc2ccccc2nc1CCCCc1nc2ccccc2cc1Br. The van der Waals surface area contributed by atoms with Crippen molar-refractivity contribution in [3.63, 3.8) is 0 Å². The Kier molecular flexibility index (Phi) is 5.32. The minimum atomic E-state index is 0.969. The Morgan fingerprint density at radius 3 is 1.50 bits per heavy atom. The van der Waals surface area contributed by atoms with Crippen LogP contribution in [0.15, 0.2) is 69.6 Å². The molecule has 0 atom stereocenters. The van der Waals surface area contributed by atoms with Gasteiger partial charge in [0.25, 0.3) is 0 Å². The zero-order valence-electron chi connectivity index (χ0n) is 14.3. The summed E-state index contributed by atoms with van der Waals surface area (Å²) < 4.78 is 2.20. The molecule has 0 aliphatic carbocycles. The van der Waals surface area contributed by atoms with Gasteiger partial charge in [-0.1, -0.05) is 36.4 Å². The van der Waals surface area contributed by atoms with Gasteiger partial charge in [0.05, 0.1) is 22.4 Å². The van der Waals surface area contributed by atoms with E-state index in [-0.39, 0.29) is 0 Å². The highest BCUT2D eigenvalue weighted by atomic mass is 79.9. The first kappa shape index (κ1) is 17.6. The predicted octanol–water partition coefficient (Wildman–Crippen LogP) is 6.87. The van der Waals surface area contributed by atoms with Crippen molar-refractivity contribution in [2.75, 3.05) is 0 Å². The van der Waals surface area contributed by atoms with Crippen molar-refractivity contribution in [3.8, 4) is 0 Å². The van der Waals surface area contributed by atoms with Gasteiger partial charge in [-0.15, -0.1) is 0 Å². The summed E-state index contributed by atoms with van der Waals surface area (Å²) >= 11 is 7.34. The van der Waals surface area contributed by atoms with E-state index < -0.39 is 0 Å². The topological polar surface area (TPSA) is 25.8 Å². The molecule has 4 rings (SSSR count). The van der Waals surface area contributed by atoms with Crippen molar-refractivity contribution in [1.29, 1.82) is 0 Å². The summed E-state index contributed by atoms with van der Waals surface area (Å²) in [5.74, 6) is 0. The Hall–Kier alpha value is -1.78. The minimum absolute atomic E-state index is 0.969. The molecule has 0 bridgehead atoms. The molecular formula is C22H18Br2N2. The Morgan fingerprint density at radius 2 is 1.04 bits per heavy atom. The fourth-order valence-electron chi connectivity index (χ4n) is 3.20. The summed E-state index contributed by atoms with van der Waals surface area (Å²) in [6.45, 7) is 0. The molecule has 0 unspecified atom stereocenters. The second-order valence-corrected chi connectivity index (χ2v) is 8.13. The molecule has 4 heteroatoms. The third-order valence-corrected chi connectivity index (χ3v) is 5.95. The molecule has 2 nitrogen and oxygen atoms in total. The van der Waals surface area contributed by atoms with Gasteiger partial charge < -0.3 is 0 Å². The molecule has 2 aromatic heterocycles. The van der Waals surface area contributed by atoms with Crippen LogP contribution >= 0.6 is 31.9 Å². The number of rotatable bonds is 5. The highest BCUT2D eigenvalue weighted by Gasteiger charge is 2.07. The van der Waals surface area contributed by atoms with Crippen molar-refractivity contribution >= 4 is 53.7 Å². The number of hydrogen-bond acceptors (Lipinski definition) is 2. The molecule has 0 spiro atoms. The Labute approximate surface area is 169 Å². The summed E-state index contributed by atoms with van der Waals surface area (Å²) in [6.07, 6.45) is 4.11. The summed E-state index contributed by atoms with van der Waals surface area (Å²) in [4.78, 5) is 9.61. The van der Waals surface area contributed by atoms with Crippen molar-refractivity contribution in [1.82, 2.24) is 9.97 Å². The molecule has 4 aromatic rings. The van der Waals surface area contributed by atoms with E-state index in [1.807, 2.05) is 24.3 Å². The number of nitrogens with zero attached hydrogens (tertiary/aromatic N) is 2. The van der Waals surface area contributed by atoms with Gasteiger partial charge in [-0.25, -0.2) is 0 Å². The second kappa shape index (κ2) is 7.85. The van der Waals surface area contributed by atoms with Crippen LogP contribution in [-0.4, -0.2) is 9.97 Å². The third-order valence-electron chi connectivity index (χ3n) is 4.58. The van der Waals surface area contributed by atoms with Crippen LogP contribution in [0.5, 0.6) is 0 Å². The van der Waals surface area contributed by atoms with Crippen LogP contribution in [0.25, 0.3) is 21.8 Å². The van der Waals surface area contributed by atoms with Crippen molar-refractivity contribution in [2.45, 2.75) is 25.7 Å². The average Bonchev–Trinajstić information content (AvgIpc) is 2.65. The first-order chi connectivity index (χ1) is 12.7. The number of pyridine rings is 2. The lowest BCUT2D eigenvalue weighted by molar-refractivity contribution is 0.712. The largest absolute Gasteiger partial charge is 0.252 e. The maximum absolute atomic E-state index is 4.81. The fraction of sp³-hybridized carbons (Fsp3) is 0.182. The molecule has 0 N–H and O–H groups in total. The first-order valence-corrected chi connectivity index (χ1v) is 10.4. The van der Waals surface area contributed by atoms with Crippen LogP contribution in [0.2, 0.25) is 0 Å². The van der Waals surface area contributed by atoms with Crippen LogP contribution < -0.4 is 0 Å². The molecule has 26 heavy (non-hydrogen) atoms. The van der Waals surface area contributed by atoms with Crippen molar-refractivity contribution in [2.24, 2.45) is 0 Å². The first-order valence-electron chi connectivity index (χ1n) is 8.79. The lowest BCUT2D eigenvalue weighted by Gasteiger charge is -2.08. The maximum atomic E-state index is 4.81. The van der Waals surface area contributed by atoms with Gasteiger partial charge in [0.2, 0.25) is 0 Å². The number of aryl methyl sites for hydroxylation is 2. The molecule has 0 aliphatic heterocycles. The fourth-order valence-corrected chi connectivity index (χ4v) is 4.26. The summed E-state index contributed by atoms with van der Waals surface area (Å²) in [5, 5.41) is 2.35. The molecule has 0 saturated carbocycles. The van der Waals surface area contributed by atoms with E-state index in [0.717, 1.165) is 57.0 Å². The van der Waals surface area contributed by atoms with Gasteiger partial charge in [0.15, 0.2) is 0 Å². The van der Waals surface area contributed by atoms with Gasteiger partial charge in [-0.2, -0.15) is 0 Å². The summed E-state index contributed by atoms with van der Waals surface area (Å²) in [7, 11) is 0. The molecular weight excluding hydrogens is 452 g/mol. The lowest BCUT2D eigenvalue weighted by Crippen LogP contribution is -1.97. The summed E-state index contributed by atoms with van der Waals surface area (Å²) in [6, 6.07) is 20.8. The van der Waals surface area contributed by atoms with Crippen molar-refractivity contribution in [3.05, 3.63) is 81.0 Å². The van der Waals surface area contributed by atoms with Gasteiger partial charge in [-0.3, -0.25) is 9.97 Å². The zero-order chi connectivity index (χ0) is 17.9. The molecule has 0 saturated heterocycles. The number of fused-ring (bicyclic) bond motifs is 2. The molecule has 2 heterocycles. The van der Waals surface area contributed by atoms with E-state index in [9.17, 15) is 0 Å². The van der Waals surface area contributed by atoms with Crippen LogP contribution in [-0.2, 0) is 12.8 Å². The van der Waals surface area contributed by atoms with E-state index in [4.69, 9.17) is 9.97 Å². The smallest absolute Gasteiger partial charge is 0.0706 e. The van der Waals surface area contributed by atoms with Gasteiger partial charge in [0.1, 0.15) is 0 Å². The highest BCUT2D eigenvalue weighted by molar-refractivity contribution is 9.10. The van der Waals surface area contributed by atoms with E-state index >= 15 is 0 Å². The predicted molar refractivity (Wildman–Crippen MR) is 116 cm³/mol. The van der Waals surface area contributed by atoms with E-state index in [1.165, 1.54) is 10.8 Å². The maximum Gasteiger partial charge on any atom is 0.0706 e. The van der Waals surface area contributed by atoms with Gasteiger partial charge in [-0.05, 0) is 81.8 Å². The molecule has 0 amide bonds. The average molecular weight is 470 g/mol. The van der Waals surface area contributed by atoms with Crippen molar-refractivity contribution < 1.29 is 0 Å². The third kappa shape index (κ3) is 3.81. The minimum Gasteiger partial charge on any atom is -0.252 e. The van der Waals surface area contributed by atoms with Crippen LogP contribution in [0.3, 0.4) is 0 Å². The molecule has 0 fully saturated rings. The number of halogens is 2. The molecule has 2 aromatic carbocycles. The Morgan fingerprint density at radius 1 is 0.615 bits per heavy atom. The van der Waals surface area contributed by atoms with Crippen LogP contribution in [0, 0.1) is 0 Å². The molecule has 0 radical (unpaired) electrons. The van der Waals surface area contributed by atoms with Crippen LogP contribution in [0.4, 0.5) is 0 Å². The number of para-hydroxylation sites is 2. The lowest BCUT2D eigenvalue weighted by atomic mass is 10.1. The number of aromatic nitrogens is 2. The number of hydrogen-bond donors (Lipinski definition) is 0.